The number of carbonyl (C=O) groups is 1. The maximum absolute atomic E-state index is 12.8. The van der Waals surface area contributed by atoms with Crippen LogP contribution in [-0.2, 0) is 11.3 Å². The predicted octanol–water partition coefficient (Wildman–Crippen LogP) is 2.83. The molecule has 1 aliphatic carbocycles. The van der Waals surface area contributed by atoms with Gasteiger partial charge in [-0.2, -0.15) is 0 Å². The van der Waals surface area contributed by atoms with Gasteiger partial charge in [-0.05, 0) is 23.8 Å². The molecular weight excluding hydrogens is 250 g/mol. The summed E-state index contributed by atoms with van der Waals surface area (Å²) in [7, 11) is 0. The highest BCUT2D eigenvalue weighted by Crippen LogP contribution is 2.43. The first-order chi connectivity index (χ1) is 9.54. The largest absolute Gasteiger partial charge is 0.395 e. The van der Waals surface area contributed by atoms with E-state index in [9.17, 15) is 9.90 Å². The van der Waals surface area contributed by atoms with Gasteiger partial charge >= 0.3 is 0 Å². The summed E-state index contributed by atoms with van der Waals surface area (Å²) in [5.74, 6) is 0.295. The van der Waals surface area contributed by atoms with E-state index in [0.717, 1.165) is 24.8 Å². The maximum Gasteiger partial charge on any atom is 0.226 e. The Morgan fingerprint density at radius 3 is 2.60 bits per heavy atom. The van der Waals surface area contributed by atoms with Crippen molar-refractivity contribution in [2.24, 2.45) is 11.3 Å². The third kappa shape index (κ3) is 3.40. The van der Waals surface area contributed by atoms with Crippen molar-refractivity contribution in [2.75, 3.05) is 13.2 Å². The minimum absolute atomic E-state index is 0.0196. The van der Waals surface area contributed by atoms with Crippen LogP contribution in [0.25, 0.3) is 0 Å². The van der Waals surface area contributed by atoms with Crippen LogP contribution < -0.4 is 0 Å². The molecule has 1 amide bonds. The monoisotopic (exact) mass is 275 g/mol. The highest BCUT2D eigenvalue weighted by Gasteiger charge is 2.40. The third-order valence-corrected chi connectivity index (χ3v) is 4.45. The Morgan fingerprint density at radius 1 is 1.35 bits per heavy atom. The van der Waals surface area contributed by atoms with Gasteiger partial charge in [0.2, 0.25) is 5.91 Å². The van der Waals surface area contributed by atoms with Gasteiger partial charge in [-0.25, -0.2) is 0 Å². The highest BCUT2D eigenvalue weighted by atomic mass is 16.3. The number of carbonyl (C=O) groups excluding carboxylic acids is 1. The van der Waals surface area contributed by atoms with E-state index in [1.165, 1.54) is 0 Å². The van der Waals surface area contributed by atoms with Crippen molar-refractivity contribution in [1.29, 1.82) is 0 Å². The molecule has 3 nitrogen and oxygen atoms in total. The van der Waals surface area contributed by atoms with Crippen LogP contribution >= 0.6 is 0 Å². The summed E-state index contributed by atoms with van der Waals surface area (Å²) >= 11 is 0. The molecule has 0 aliphatic heterocycles. The van der Waals surface area contributed by atoms with Gasteiger partial charge in [-0.15, -0.1) is 0 Å². The number of benzene rings is 1. The molecule has 0 heterocycles. The summed E-state index contributed by atoms with van der Waals surface area (Å²) in [5, 5.41) is 9.24. The first-order valence-corrected chi connectivity index (χ1v) is 7.48. The van der Waals surface area contributed by atoms with Crippen LogP contribution in [0.15, 0.2) is 30.3 Å². The summed E-state index contributed by atoms with van der Waals surface area (Å²) < 4.78 is 0. The van der Waals surface area contributed by atoms with E-state index < -0.39 is 0 Å². The van der Waals surface area contributed by atoms with Crippen molar-refractivity contribution >= 4 is 5.91 Å². The average molecular weight is 275 g/mol. The van der Waals surface area contributed by atoms with Gasteiger partial charge in [0.15, 0.2) is 0 Å². The van der Waals surface area contributed by atoms with E-state index in [-0.39, 0.29) is 23.8 Å². The molecule has 0 bridgehead atoms. The summed E-state index contributed by atoms with van der Waals surface area (Å²) in [6.07, 6.45) is 3.21. The van der Waals surface area contributed by atoms with Crippen molar-refractivity contribution in [3.8, 4) is 0 Å². The van der Waals surface area contributed by atoms with Crippen LogP contribution in [0.5, 0.6) is 0 Å². The fraction of sp³-hybridized carbons (Fsp3) is 0.588. The van der Waals surface area contributed by atoms with Gasteiger partial charge in [0.25, 0.3) is 0 Å². The van der Waals surface area contributed by atoms with Crippen LogP contribution in [0.3, 0.4) is 0 Å². The maximum atomic E-state index is 12.8. The Bertz CT molecular complexity index is 442. The van der Waals surface area contributed by atoms with Crippen molar-refractivity contribution in [2.45, 2.75) is 39.7 Å². The number of aliphatic hydroxyl groups excluding tert-OH is 1. The zero-order valence-electron chi connectivity index (χ0n) is 12.5. The second kappa shape index (κ2) is 6.40. The molecule has 2 rings (SSSR count). The van der Waals surface area contributed by atoms with Crippen LogP contribution in [0.1, 0.15) is 38.7 Å². The molecule has 1 aromatic carbocycles. The lowest BCUT2D eigenvalue weighted by atomic mass is 9.81. The highest BCUT2D eigenvalue weighted by molar-refractivity contribution is 5.80. The topological polar surface area (TPSA) is 40.5 Å². The lowest BCUT2D eigenvalue weighted by molar-refractivity contribution is -0.139. The SMILES string of the molecule is CC1(C)CCCC1C(=O)N(CCO)Cc1ccccc1. The third-order valence-electron chi connectivity index (χ3n) is 4.45. The number of hydrogen-bond donors (Lipinski definition) is 1. The summed E-state index contributed by atoms with van der Waals surface area (Å²) in [6.45, 7) is 5.39. The molecule has 1 unspecified atom stereocenters. The van der Waals surface area contributed by atoms with E-state index in [1.54, 1.807) is 0 Å². The molecule has 1 aromatic rings. The Morgan fingerprint density at radius 2 is 2.05 bits per heavy atom. The normalized spacial score (nSPS) is 20.9. The minimum atomic E-state index is 0.0196. The first-order valence-electron chi connectivity index (χ1n) is 7.48. The molecular formula is C17H25NO2. The van der Waals surface area contributed by atoms with Crippen molar-refractivity contribution < 1.29 is 9.90 Å². The average Bonchev–Trinajstić information content (AvgIpc) is 2.78. The molecule has 0 aromatic heterocycles. The molecule has 0 spiro atoms. The standard InChI is InChI=1S/C17H25NO2/c1-17(2)10-6-9-15(17)16(20)18(11-12-19)13-14-7-4-3-5-8-14/h3-5,7-8,15,19H,6,9-13H2,1-2H3. The Labute approximate surface area is 121 Å². The Balaban J connectivity index is 2.10. The lowest BCUT2D eigenvalue weighted by Crippen LogP contribution is -2.41. The molecule has 0 radical (unpaired) electrons. The molecule has 1 atom stereocenters. The zero-order chi connectivity index (χ0) is 14.6. The molecule has 20 heavy (non-hydrogen) atoms. The molecule has 110 valence electrons. The van der Waals surface area contributed by atoms with E-state index in [1.807, 2.05) is 35.2 Å². The fourth-order valence-electron chi connectivity index (χ4n) is 3.20. The Hall–Kier alpha value is -1.35. The second-order valence-corrected chi connectivity index (χ2v) is 6.40. The number of hydrogen-bond acceptors (Lipinski definition) is 2. The summed E-state index contributed by atoms with van der Waals surface area (Å²) in [5.41, 5.74) is 1.20. The zero-order valence-corrected chi connectivity index (χ0v) is 12.5. The molecule has 1 saturated carbocycles. The van der Waals surface area contributed by atoms with E-state index in [0.29, 0.717) is 13.1 Å². The van der Waals surface area contributed by atoms with E-state index in [4.69, 9.17) is 0 Å². The van der Waals surface area contributed by atoms with Gasteiger partial charge in [0, 0.05) is 19.0 Å². The van der Waals surface area contributed by atoms with Gasteiger partial charge < -0.3 is 10.0 Å². The van der Waals surface area contributed by atoms with Gasteiger partial charge in [-0.3, -0.25) is 4.79 Å². The number of nitrogens with zero attached hydrogens (tertiary/aromatic N) is 1. The number of aliphatic hydroxyl groups is 1. The smallest absolute Gasteiger partial charge is 0.226 e. The van der Waals surface area contributed by atoms with Crippen molar-refractivity contribution in [1.82, 2.24) is 4.90 Å². The van der Waals surface area contributed by atoms with E-state index in [2.05, 4.69) is 13.8 Å². The van der Waals surface area contributed by atoms with Crippen molar-refractivity contribution in [3.63, 3.8) is 0 Å². The Kier molecular flexibility index (Phi) is 4.81. The van der Waals surface area contributed by atoms with E-state index >= 15 is 0 Å². The number of rotatable bonds is 5. The van der Waals surface area contributed by atoms with Gasteiger partial charge in [0.05, 0.1) is 6.61 Å². The summed E-state index contributed by atoms with van der Waals surface area (Å²) in [6, 6.07) is 9.99. The molecule has 1 N–H and O–H groups in total. The first kappa shape index (κ1) is 15.0. The molecule has 0 saturated heterocycles. The van der Waals surface area contributed by atoms with Crippen LogP contribution in [0, 0.1) is 11.3 Å². The minimum Gasteiger partial charge on any atom is -0.395 e. The van der Waals surface area contributed by atoms with Crippen LogP contribution in [0.2, 0.25) is 0 Å². The summed E-state index contributed by atoms with van der Waals surface area (Å²) in [4.78, 5) is 14.6. The number of amides is 1. The fourth-order valence-corrected chi connectivity index (χ4v) is 3.20. The lowest BCUT2D eigenvalue weighted by Gasteiger charge is -2.32. The van der Waals surface area contributed by atoms with Gasteiger partial charge in [0.1, 0.15) is 0 Å². The van der Waals surface area contributed by atoms with Crippen LogP contribution in [0.4, 0.5) is 0 Å². The van der Waals surface area contributed by atoms with Gasteiger partial charge in [-0.1, -0.05) is 50.6 Å². The quantitative estimate of drug-likeness (QED) is 0.897. The van der Waals surface area contributed by atoms with Crippen LogP contribution in [-0.4, -0.2) is 29.1 Å². The molecule has 1 fully saturated rings. The molecule has 1 aliphatic rings. The second-order valence-electron chi connectivity index (χ2n) is 6.40. The predicted molar refractivity (Wildman–Crippen MR) is 80.1 cm³/mol. The molecule has 3 heteroatoms. The van der Waals surface area contributed by atoms with Crippen molar-refractivity contribution in [3.05, 3.63) is 35.9 Å².